The van der Waals surface area contributed by atoms with Gasteiger partial charge in [-0.1, -0.05) is 32.3 Å². The molecule has 0 saturated carbocycles. The largest absolute Gasteiger partial charge is 0.493 e. The van der Waals surface area contributed by atoms with Crippen LogP contribution in [0.1, 0.15) is 57.4 Å². The third kappa shape index (κ3) is 12.3. The zero-order valence-corrected chi connectivity index (χ0v) is 19.6. The second-order valence-corrected chi connectivity index (χ2v) is 7.40. The van der Waals surface area contributed by atoms with Crippen molar-refractivity contribution in [2.24, 2.45) is 5.92 Å². The molecule has 1 rings (SSSR count). The molecule has 0 heterocycles. The summed E-state index contributed by atoms with van der Waals surface area (Å²) in [6.07, 6.45) is 7.84. The number of nitrogens with one attached hydrogen (secondary N) is 1. The number of amides is 1. The molecule has 7 heteroatoms. The zero-order valence-electron chi connectivity index (χ0n) is 18.8. The summed E-state index contributed by atoms with van der Waals surface area (Å²) in [5.74, 6) is 1.68. The van der Waals surface area contributed by atoms with Gasteiger partial charge >= 0.3 is 0 Å². The standard InChI is InChI=1S/C23H39NO5.ClH/c1-19(23(26)24-14-8-15-25)10-6-4-5-7-11-20-12-13-21(28-3)22(18-20)29-17-9-16-27-2;/h12-13,18-19,25H,4-11,14-17H2,1-3H3,(H,24,26);1H/t19-;/m1./s1. The molecule has 0 aliphatic carbocycles. The summed E-state index contributed by atoms with van der Waals surface area (Å²) in [7, 11) is 3.35. The van der Waals surface area contributed by atoms with Crippen LogP contribution in [0.25, 0.3) is 0 Å². The third-order valence-electron chi connectivity index (χ3n) is 4.91. The molecule has 1 aromatic carbocycles. The average molecular weight is 446 g/mol. The van der Waals surface area contributed by atoms with Crippen LogP contribution in [0.15, 0.2) is 18.2 Å². The van der Waals surface area contributed by atoms with Crippen LogP contribution in [0.2, 0.25) is 0 Å². The zero-order chi connectivity index (χ0) is 21.3. The van der Waals surface area contributed by atoms with Gasteiger partial charge in [0.25, 0.3) is 0 Å². The van der Waals surface area contributed by atoms with E-state index in [1.54, 1.807) is 14.2 Å². The maximum atomic E-state index is 11.9. The van der Waals surface area contributed by atoms with Crippen LogP contribution >= 0.6 is 12.4 Å². The first kappa shape index (κ1) is 28.5. The van der Waals surface area contributed by atoms with Gasteiger partial charge in [-0.05, 0) is 43.4 Å². The smallest absolute Gasteiger partial charge is 0.222 e. The molecule has 1 amide bonds. The van der Waals surface area contributed by atoms with Crippen molar-refractivity contribution in [2.45, 2.75) is 58.3 Å². The van der Waals surface area contributed by atoms with Crippen LogP contribution in [0.4, 0.5) is 0 Å². The Kier molecular flexibility index (Phi) is 17.4. The molecule has 2 N–H and O–H groups in total. The van der Waals surface area contributed by atoms with Crippen LogP contribution in [-0.4, -0.2) is 51.6 Å². The van der Waals surface area contributed by atoms with E-state index in [9.17, 15) is 4.79 Å². The molecule has 0 fully saturated rings. The average Bonchev–Trinajstić information content (AvgIpc) is 2.73. The second-order valence-electron chi connectivity index (χ2n) is 7.40. The Morgan fingerprint density at radius 1 is 1.03 bits per heavy atom. The van der Waals surface area contributed by atoms with Crippen LogP contribution in [-0.2, 0) is 16.0 Å². The van der Waals surface area contributed by atoms with Gasteiger partial charge in [-0.25, -0.2) is 0 Å². The van der Waals surface area contributed by atoms with E-state index in [0.29, 0.717) is 26.2 Å². The van der Waals surface area contributed by atoms with Crippen LogP contribution in [0, 0.1) is 5.92 Å². The van der Waals surface area contributed by atoms with Crippen molar-refractivity contribution in [2.75, 3.05) is 40.6 Å². The minimum Gasteiger partial charge on any atom is -0.493 e. The first-order valence-corrected chi connectivity index (χ1v) is 10.8. The summed E-state index contributed by atoms with van der Waals surface area (Å²) in [5, 5.41) is 11.6. The van der Waals surface area contributed by atoms with Crippen LogP contribution in [0.5, 0.6) is 11.5 Å². The van der Waals surface area contributed by atoms with E-state index in [0.717, 1.165) is 56.4 Å². The number of unbranched alkanes of at least 4 members (excludes halogenated alkanes) is 3. The van der Waals surface area contributed by atoms with E-state index in [1.807, 2.05) is 13.0 Å². The summed E-state index contributed by atoms with van der Waals surface area (Å²) >= 11 is 0. The number of rotatable bonds is 17. The van der Waals surface area contributed by atoms with Gasteiger partial charge < -0.3 is 24.6 Å². The maximum absolute atomic E-state index is 11.9. The van der Waals surface area contributed by atoms with E-state index in [-0.39, 0.29) is 30.8 Å². The van der Waals surface area contributed by atoms with E-state index in [4.69, 9.17) is 19.3 Å². The van der Waals surface area contributed by atoms with Gasteiger partial charge in [0.2, 0.25) is 5.91 Å². The lowest BCUT2D eigenvalue weighted by Gasteiger charge is -2.13. The first-order chi connectivity index (χ1) is 14.1. The predicted molar refractivity (Wildman–Crippen MR) is 123 cm³/mol. The van der Waals surface area contributed by atoms with Crippen molar-refractivity contribution < 1.29 is 24.1 Å². The molecule has 0 radical (unpaired) electrons. The highest BCUT2D eigenvalue weighted by molar-refractivity contribution is 5.85. The quantitative estimate of drug-likeness (QED) is 0.352. The number of benzene rings is 1. The van der Waals surface area contributed by atoms with Gasteiger partial charge in [0, 0.05) is 39.2 Å². The van der Waals surface area contributed by atoms with E-state index in [1.165, 1.54) is 5.56 Å². The summed E-state index contributed by atoms with van der Waals surface area (Å²) in [6, 6.07) is 6.14. The summed E-state index contributed by atoms with van der Waals surface area (Å²) in [6.45, 7) is 3.94. The Labute approximate surface area is 188 Å². The number of carbonyl (C=O) groups excluding carboxylic acids is 1. The Morgan fingerprint density at radius 2 is 1.80 bits per heavy atom. The van der Waals surface area contributed by atoms with Gasteiger partial charge in [-0.3, -0.25) is 4.79 Å². The molecule has 1 aromatic rings. The fourth-order valence-corrected chi connectivity index (χ4v) is 3.10. The summed E-state index contributed by atoms with van der Waals surface area (Å²) < 4.78 is 16.3. The third-order valence-corrected chi connectivity index (χ3v) is 4.91. The Bertz CT molecular complexity index is 571. The van der Waals surface area contributed by atoms with Crippen LogP contribution in [0.3, 0.4) is 0 Å². The predicted octanol–water partition coefficient (Wildman–Crippen LogP) is 4.16. The highest BCUT2D eigenvalue weighted by Crippen LogP contribution is 2.29. The maximum Gasteiger partial charge on any atom is 0.222 e. The number of halogens is 1. The molecule has 0 bridgehead atoms. The number of hydrogen-bond acceptors (Lipinski definition) is 5. The van der Waals surface area contributed by atoms with Crippen molar-refractivity contribution in [3.63, 3.8) is 0 Å². The summed E-state index contributed by atoms with van der Waals surface area (Å²) in [5.41, 5.74) is 1.25. The van der Waals surface area contributed by atoms with Crippen molar-refractivity contribution in [3.05, 3.63) is 23.8 Å². The monoisotopic (exact) mass is 445 g/mol. The van der Waals surface area contributed by atoms with Gasteiger partial charge in [0.15, 0.2) is 11.5 Å². The fourth-order valence-electron chi connectivity index (χ4n) is 3.10. The van der Waals surface area contributed by atoms with Gasteiger partial charge in [0.1, 0.15) is 0 Å². The molecule has 174 valence electrons. The lowest BCUT2D eigenvalue weighted by atomic mass is 10.00. The highest BCUT2D eigenvalue weighted by Gasteiger charge is 2.11. The van der Waals surface area contributed by atoms with Crippen molar-refractivity contribution >= 4 is 18.3 Å². The first-order valence-electron chi connectivity index (χ1n) is 10.8. The highest BCUT2D eigenvalue weighted by atomic mass is 35.5. The number of aliphatic hydroxyl groups excluding tert-OH is 1. The molecular formula is C23H40ClNO5. The minimum atomic E-state index is 0. The molecule has 0 aliphatic heterocycles. The fraction of sp³-hybridized carbons (Fsp3) is 0.696. The second kappa shape index (κ2) is 18.3. The lowest BCUT2D eigenvalue weighted by Crippen LogP contribution is -2.30. The van der Waals surface area contributed by atoms with Crippen molar-refractivity contribution in [1.82, 2.24) is 5.32 Å². The number of aryl methyl sites for hydroxylation is 1. The minimum absolute atomic E-state index is 0. The summed E-state index contributed by atoms with van der Waals surface area (Å²) in [4.78, 5) is 11.9. The molecule has 1 atom stereocenters. The Hall–Kier alpha value is -1.50. The van der Waals surface area contributed by atoms with Crippen molar-refractivity contribution in [1.29, 1.82) is 0 Å². The van der Waals surface area contributed by atoms with E-state index >= 15 is 0 Å². The Morgan fingerprint density at radius 3 is 2.50 bits per heavy atom. The normalized spacial score (nSPS) is 11.5. The molecule has 0 aromatic heterocycles. The molecular weight excluding hydrogens is 406 g/mol. The van der Waals surface area contributed by atoms with Gasteiger partial charge in [-0.2, -0.15) is 0 Å². The number of aliphatic hydroxyl groups is 1. The molecule has 0 unspecified atom stereocenters. The molecule has 30 heavy (non-hydrogen) atoms. The molecule has 0 aliphatic rings. The number of hydrogen-bond donors (Lipinski definition) is 2. The van der Waals surface area contributed by atoms with Crippen LogP contribution < -0.4 is 14.8 Å². The van der Waals surface area contributed by atoms with Gasteiger partial charge in [0.05, 0.1) is 13.7 Å². The number of carbonyl (C=O) groups is 1. The van der Waals surface area contributed by atoms with Crippen molar-refractivity contribution in [3.8, 4) is 11.5 Å². The SMILES string of the molecule is COCCCOc1cc(CCCCCC[C@@H](C)C(=O)NCCCO)ccc1OC.Cl. The van der Waals surface area contributed by atoms with E-state index in [2.05, 4.69) is 17.4 Å². The molecule has 6 nitrogen and oxygen atoms in total. The lowest BCUT2D eigenvalue weighted by molar-refractivity contribution is -0.124. The van der Waals surface area contributed by atoms with Gasteiger partial charge in [-0.15, -0.1) is 12.4 Å². The number of methoxy groups -OCH3 is 2. The molecule has 0 spiro atoms. The Balaban J connectivity index is 0.00000841. The molecule has 0 saturated heterocycles. The topological polar surface area (TPSA) is 77.0 Å². The van der Waals surface area contributed by atoms with E-state index < -0.39 is 0 Å². The number of ether oxygens (including phenoxy) is 3.